The molecule has 2 saturated heterocycles. The van der Waals surface area contributed by atoms with Gasteiger partial charge in [0.2, 0.25) is 5.91 Å². The SMILES string of the molecule is COC(=O)NC12CC1CC(=O)N1CCC[C@@H](C(=O)O)N1C2=O. The van der Waals surface area contributed by atoms with Crippen molar-refractivity contribution in [2.24, 2.45) is 5.92 Å². The number of aliphatic carboxylic acids is 1. The summed E-state index contributed by atoms with van der Waals surface area (Å²) in [6, 6.07) is -1.08. The van der Waals surface area contributed by atoms with E-state index in [1.165, 1.54) is 12.1 Å². The molecule has 0 bridgehead atoms. The number of carboxylic acids is 1. The smallest absolute Gasteiger partial charge is 0.407 e. The van der Waals surface area contributed by atoms with Crippen molar-refractivity contribution in [2.75, 3.05) is 13.7 Å². The highest BCUT2D eigenvalue weighted by Crippen LogP contribution is 2.50. The maximum absolute atomic E-state index is 12.9. The van der Waals surface area contributed by atoms with E-state index in [0.29, 0.717) is 19.4 Å². The number of nitrogens with zero attached hydrogens (tertiary/aromatic N) is 2. The Labute approximate surface area is 126 Å². The van der Waals surface area contributed by atoms with E-state index in [2.05, 4.69) is 10.1 Å². The van der Waals surface area contributed by atoms with Crippen molar-refractivity contribution in [3.8, 4) is 0 Å². The number of hydrogen-bond acceptors (Lipinski definition) is 5. The van der Waals surface area contributed by atoms with Crippen LogP contribution in [-0.4, -0.2) is 64.2 Å². The van der Waals surface area contributed by atoms with Crippen molar-refractivity contribution in [3.63, 3.8) is 0 Å². The van der Waals surface area contributed by atoms with E-state index in [9.17, 15) is 24.3 Å². The van der Waals surface area contributed by atoms with Gasteiger partial charge in [-0.15, -0.1) is 0 Å². The molecule has 2 unspecified atom stereocenters. The predicted molar refractivity (Wildman–Crippen MR) is 70.2 cm³/mol. The number of hydrazine groups is 1. The summed E-state index contributed by atoms with van der Waals surface area (Å²) in [5, 5.41) is 14.1. The molecule has 3 atom stereocenters. The van der Waals surface area contributed by atoms with Gasteiger partial charge < -0.3 is 15.2 Å². The van der Waals surface area contributed by atoms with E-state index in [0.717, 1.165) is 5.01 Å². The van der Waals surface area contributed by atoms with Crippen LogP contribution >= 0.6 is 0 Å². The van der Waals surface area contributed by atoms with E-state index < -0.39 is 29.6 Å². The van der Waals surface area contributed by atoms with Crippen molar-refractivity contribution in [3.05, 3.63) is 0 Å². The van der Waals surface area contributed by atoms with Gasteiger partial charge in [0.25, 0.3) is 5.91 Å². The normalized spacial score (nSPS) is 33.5. The molecule has 1 saturated carbocycles. The highest BCUT2D eigenvalue weighted by Gasteiger charge is 2.67. The molecule has 0 radical (unpaired) electrons. The lowest BCUT2D eigenvalue weighted by Crippen LogP contribution is -2.63. The Bertz CT molecular complexity index is 564. The summed E-state index contributed by atoms with van der Waals surface area (Å²) in [5.74, 6) is -2.29. The molecular formula is C13H17N3O6. The van der Waals surface area contributed by atoms with Gasteiger partial charge in [0.15, 0.2) is 6.04 Å². The summed E-state index contributed by atoms with van der Waals surface area (Å²) >= 11 is 0. The van der Waals surface area contributed by atoms with Gasteiger partial charge in [0.1, 0.15) is 5.54 Å². The number of ether oxygens (including phenoxy) is 1. The predicted octanol–water partition coefficient (Wildman–Crippen LogP) is -0.676. The number of nitrogens with one attached hydrogen (secondary N) is 1. The third-order valence-corrected chi connectivity index (χ3v) is 4.60. The first-order chi connectivity index (χ1) is 10.4. The quantitative estimate of drug-likeness (QED) is 0.698. The molecule has 3 aliphatic rings. The zero-order chi connectivity index (χ0) is 16.1. The van der Waals surface area contributed by atoms with E-state index in [1.54, 1.807) is 0 Å². The van der Waals surface area contributed by atoms with Crippen molar-refractivity contribution in [1.29, 1.82) is 0 Å². The van der Waals surface area contributed by atoms with Gasteiger partial charge >= 0.3 is 12.1 Å². The van der Waals surface area contributed by atoms with Crippen LogP contribution < -0.4 is 5.32 Å². The number of rotatable bonds is 2. The summed E-state index contributed by atoms with van der Waals surface area (Å²) in [5.41, 5.74) is -1.22. The number of methoxy groups -OCH3 is 1. The molecule has 0 aromatic heterocycles. The highest BCUT2D eigenvalue weighted by molar-refractivity contribution is 5.99. The fourth-order valence-corrected chi connectivity index (χ4v) is 3.36. The second-order valence-electron chi connectivity index (χ2n) is 5.86. The fraction of sp³-hybridized carbons (Fsp3) is 0.692. The minimum Gasteiger partial charge on any atom is -0.480 e. The maximum Gasteiger partial charge on any atom is 0.407 e. The molecule has 0 spiro atoms. The first-order valence-corrected chi connectivity index (χ1v) is 7.13. The first-order valence-electron chi connectivity index (χ1n) is 7.13. The zero-order valence-electron chi connectivity index (χ0n) is 12.1. The van der Waals surface area contributed by atoms with Gasteiger partial charge in [0, 0.05) is 18.9 Å². The standard InChI is InChI=1S/C13H17N3O6/c1-22-12(21)14-13-6-7(13)5-9(17)15-4-2-3-8(10(18)19)16(15)11(13)20/h7-8H,2-6H2,1H3,(H,14,21)(H,18,19)/t7?,8-,13?/m0/s1. The number of amides is 3. The Morgan fingerprint density at radius 3 is 2.77 bits per heavy atom. The summed E-state index contributed by atoms with van der Waals surface area (Å²) < 4.78 is 4.54. The van der Waals surface area contributed by atoms with Gasteiger partial charge in [-0.3, -0.25) is 14.6 Å². The third kappa shape index (κ3) is 1.99. The lowest BCUT2D eigenvalue weighted by Gasteiger charge is -2.42. The molecule has 2 heterocycles. The molecule has 3 amide bonds. The molecule has 9 nitrogen and oxygen atoms in total. The molecule has 3 rings (SSSR count). The average molecular weight is 311 g/mol. The summed E-state index contributed by atoms with van der Waals surface area (Å²) in [4.78, 5) is 48.1. The van der Waals surface area contributed by atoms with Crippen LogP contribution in [0.4, 0.5) is 4.79 Å². The Balaban J connectivity index is 1.95. The van der Waals surface area contributed by atoms with Crippen LogP contribution in [0.5, 0.6) is 0 Å². The molecular weight excluding hydrogens is 294 g/mol. The van der Waals surface area contributed by atoms with Crippen molar-refractivity contribution in [2.45, 2.75) is 37.3 Å². The maximum atomic E-state index is 12.9. The van der Waals surface area contributed by atoms with E-state index in [4.69, 9.17) is 0 Å². The zero-order valence-corrected chi connectivity index (χ0v) is 12.1. The monoisotopic (exact) mass is 311 g/mol. The topological polar surface area (TPSA) is 116 Å². The highest BCUT2D eigenvalue weighted by atomic mass is 16.5. The Kier molecular flexibility index (Phi) is 3.22. The molecule has 9 heteroatoms. The lowest BCUT2D eigenvalue weighted by molar-refractivity contribution is -0.182. The molecule has 22 heavy (non-hydrogen) atoms. The van der Waals surface area contributed by atoms with Crippen LogP contribution in [0.25, 0.3) is 0 Å². The Hall–Kier alpha value is -2.32. The van der Waals surface area contributed by atoms with Crippen LogP contribution in [0.15, 0.2) is 0 Å². The Morgan fingerprint density at radius 1 is 1.41 bits per heavy atom. The summed E-state index contributed by atoms with van der Waals surface area (Å²) in [6.45, 7) is 0.315. The van der Waals surface area contributed by atoms with Crippen LogP contribution in [0.1, 0.15) is 25.7 Å². The number of carbonyl (C=O) groups is 4. The number of hydrogen-bond donors (Lipinski definition) is 2. The number of fused-ring (bicyclic) bond motifs is 2. The van der Waals surface area contributed by atoms with Crippen molar-refractivity contribution in [1.82, 2.24) is 15.3 Å². The number of alkyl carbamates (subject to hydrolysis) is 1. The van der Waals surface area contributed by atoms with Crippen LogP contribution in [0.2, 0.25) is 0 Å². The van der Waals surface area contributed by atoms with E-state index in [1.807, 2.05) is 0 Å². The van der Waals surface area contributed by atoms with Crippen LogP contribution in [-0.2, 0) is 19.1 Å². The van der Waals surface area contributed by atoms with Crippen LogP contribution in [0, 0.1) is 5.92 Å². The van der Waals surface area contributed by atoms with E-state index in [-0.39, 0.29) is 24.7 Å². The number of carboxylic acid groups (broad SMARTS) is 1. The van der Waals surface area contributed by atoms with E-state index >= 15 is 0 Å². The minimum absolute atomic E-state index is 0.110. The average Bonchev–Trinajstić information content (AvgIpc) is 3.18. The second kappa shape index (κ2) is 4.85. The van der Waals surface area contributed by atoms with Gasteiger partial charge in [0.05, 0.1) is 7.11 Å². The minimum atomic E-state index is -1.22. The third-order valence-electron chi connectivity index (χ3n) is 4.60. The molecule has 3 fully saturated rings. The summed E-state index contributed by atoms with van der Waals surface area (Å²) in [6.07, 6.45) is 0.473. The van der Waals surface area contributed by atoms with Gasteiger partial charge in [-0.05, 0) is 19.3 Å². The molecule has 2 N–H and O–H groups in total. The van der Waals surface area contributed by atoms with Gasteiger partial charge in [-0.1, -0.05) is 0 Å². The second-order valence-corrected chi connectivity index (χ2v) is 5.86. The van der Waals surface area contributed by atoms with Gasteiger partial charge in [-0.2, -0.15) is 0 Å². The molecule has 0 aromatic rings. The first kappa shape index (κ1) is 14.6. The molecule has 0 aromatic carbocycles. The molecule has 1 aliphatic carbocycles. The summed E-state index contributed by atoms with van der Waals surface area (Å²) in [7, 11) is 1.18. The fourth-order valence-electron chi connectivity index (χ4n) is 3.36. The van der Waals surface area contributed by atoms with Crippen molar-refractivity contribution >= 4 is 23.9 Å². The largest absolute Gasteiger partial charge is 0.480 e. The van der Waals surface area contributed by atoms with Crippen LogP contribution in [0.3, 0.4) is 0 Å². The molecule has 120 valence electrons. The lowest BCUT2D eigenvalue weighted by atomic mass is 10.1. The molecule has 2 aliphatic heterocycles. The van der Waals surface area contributed by atoms with Crippen molar-refractivity contribution < 1.29 is 29.0 Å². The Morgan fingerprint density at radius 2 is 2.14 bits per heavy atom. The number of carbonyl (C=O) groups excluding carboxylic acids is 3. The van der Waals surface area contributed by atoms with Gasteiger partial charge in [-0.25, -0.2) is 14.6 Å².